The van der Waals surface area contributed by atoms with E-state index in [1.54, 1.807) is 6.92 Å². The van der Waals surface area contributed by atoms with Gasteiger partial charge in [-0.25, -0.2) is 9.59 Å². The van der Waals surface area contributed by atoms with Crippen LogP contribution < -0.4 is 0 Å². The third kappa shape index (κ3) is 6.01. The summed E-state index contributed by atoms with van der Waals surface area (Å²) in [6.45, 7) is 3.54. The van der Waals surface area contributed by atoms with E-state index in [4.69, 9.17) is 14.2 Å². The second-order valence-electron chi connectivity index (χ2n) is 3.86. The predicted octanol–water partition coefficient (Wildman–Crippen LogP) is 1.70. The van der Waals surface area contributed by atoms with E-state index in [1.165, 1.54) is 6.92 Å². The first kappa shape index (κ1) is 15.2. The molecule has 0 aliphatic heterocycles. The van der Waals surface area contributed by atoms with Crippen molar-refractivity contribution in [2.45, 2.75) is 26.6 Å². The van der Waals surface area contributed by atoms with Crippen LogP contribution in [0.25, 0.3) is 0 Å². The van der Waals surface area contributed by atoms with Gasteiger partial charge in [0.15, 0.2) is 6.10 Å². The molecule has 0 aromatic heterocycles. The Morgan fingerprint density at radius 3 is 2.53 bits per heavy atom. The Balaban J connectivity index is 2.23. The minimum Gasteiger partial charge on any atom is -0.463 e. The molecule has 0 aliphatic carbocycles. The van der Waals surface area contributed by atoms with E-state index in [0.717, 1.165) is 5.56 Å². The summed E-state index contributed by atoms with van der Waals surface area (Å²) in [5, 5.41) is 0. The van der Waals surface area contributed by atoms with Crippen LogP contribution in [0.1, 0.15) is 19.4 Å². The van der Waals surface area contributed by atoms with E-state index in [9.17, 15) is 9.59 Å². The van der Waals surface area contributed by atoms with Crippen LogP contribution in [0.3, 0.4) is 0 Å². The molecule has 1 atom stereocenters. The highest BCUT2D eigenvalue weighted by Gasteiger charge is 2.18. The molecule has 5 heteroatoms. The zero-order valence-electron chi connectivity index (χ0n) is 11.1. The molecular weight excluding hydrogens is 248 g/mol. The third-order valence-electron chi connectivity index (χ3n) is 2.26. The van der Waals surface area contributed by atoms with E-state index in [-0.39, 0.29) is 13.2 Å². The monoisotopic (exact) mass is 266 g/mol. The van der Waals surface area contributed by atoms with Gasteiger partial charge in [0, 0.05) is 0 Å². The van der Waals surface area contributed by atoms with Crippen LogP contribution in [-0.4, -0.2) is 31.3 Å². The first-order chi connectivity index (χ1) is 9.13. The van der Waals surface area contributed by atoms with Crippen LogP contribution in [0.15, 0.2) is 30.3 Å². The molecule has 104 valence electrons. The Morgan fingerprint density at radius 2 is 1.89 bits per heavy atom. The van der Waals surface area contributed by atoms with Crippen molar-refractivity contribution in [2.24, 2.45) is 0 Å². The van der Waals surface area contributed by atoms with Crippen molar-refractivity contribution in [3.8, 4) is 0 Å². The van der Waals surface area contributed by atoms with Crippen LogP contribution in [0.2, 0.25) is 0 Å². The van der Waals surface area contributed by atoms with E-state index < -0.39 is 18.0 Å². The zero-order chi connectivity index (χ0) is 14.1. The molecule has 0 fully saturated rings. The number of rotatable bonds is 7. The molecule has 0 unspecified atom stereocenters. The zero-order valence-corrected chi connectivity index (χ0v) is 11.1. The molecule has 0 bridgehead atoms. The second kappa shape index (κ2) is 8.26. The first-order valence-corrected chi connectivity index (χ1v) is 6.11. The van der Waals surface area contributed by atoms with Crippen molar-refractivity contribution in [1.82, 2.24) is 0 Å². The summed E-state index contributed by atoms with van der Waals surface area (Å²) >= 11 is 0. The highest BCUT2D eigenvalue weighted by molar-refractivity contribution is 5.79. The van der Waals surface area contributed by atoms with Gasteiger partial charge in [0.05, 0.1) is 13.2 Å². The summed E-state index contributed by atoms with van der Waals surface area (Å²) in [7, 11) is 0. The van der Waals surface area contributed by atoms with Crippen LogP contribution in [0.5, 0.6) is 0 Å². The molecule has 0 N–H and O–H groups in total. The van der Waals surface area contributed by atoms with Crippen molar-refractivity contribution < 1.29 is 23.8 Å². The number of ether oxygens (including phenoxy) is 3. The number of carbonyl (C=O) groups excluding carboxylic acids is 2. The van der Waals surface area contributed by atoms with Crippen molar-refractivity contribution in [3.63, 3.8) is 0 Å². The minimum absolute atomic E-state index is 0.196. The molecule has 19 heavy (non-hydrogen) atoms. The van der Waals surface area contributed by atoms with Gasteiger partial charge in [0.1, 0.15) is 6.61 Å². The Bertz CT molecular complexity index is 402. The fraction of sp³-hybridized carbons (Fsp3) is 0.429. The van der Waals surface area contributed by atoms with Crippen LogP contribution in [0.4, 0.5) is 0 Å². The van der Waals surface area contributed by atoms with E-state index in [2.05, 4.69) is 0 Å². The molecule has 0 radical (unpaired) electrons. The molecule has 1 aromatic rings. The molecule has 1 aromatic carbocycles. The van der Waals surface area contributed by atoms with Gasteiger partial charge >= 0.3 is 11.9 Å². The lowest BCUT2D eigenvalue weighted by molar-refractivity contribution is -0.169. The second-order valence-corrected chi connectivity index (χ2v) is 3.86. The maximum atomic E-state index is 11.4. The van der Waals surface area contributed by atoms with Crippen molar-refractivity contribution in [1.29, 1.82) is 0 Å². The normalized spacial score (nSPS) is 11.7. The summed E-state index contributed by atoms with van der Waals surface area (Å²) in [6.07, 6.45) is -0.909. The smallest absolute Gasteiger partial charge is 0.347 e. The van der Waals surface area contributed by atoms with Gasteiger partial charge in [0.2, 0.25) is 0 Å². The molecule has 0 amide bonds. The van der Waals surface area contributed by atoms with Crippen LogP contribution in [0, 0.1) is 0 Å². The number of hydrogen-bond donors (Lipinski definition) is 0. The van der Waals surface area contributed by atoms with Crippen molar-refractivity contribution >= 4 is 11.9 Å². The predicted molar refractivity (Wildman–Crippen MR) is 68.3 cm³/mol. The Kier molecular flexibility index (Phi) is 6.60. The van der Waals surface area contributed by atoms with Crippen molar-refractivity contribution in [2.75, 3.05) is 13.2 Å². The third-order valence-corrected chi connectivity index (χ3v) is 2.26. The fourth-order valence-electron chi connectivity index (χ4n) is 1.37. The molecule has 1 rings (SSSR count). The maximum Gasteiger partial charge on any atom is 0.347 e. The first-order valence-electron chi connectivity index (χ1n) is 6.11. The van der Waals surface area contributed by atoms with Gasteiger partial charge < -0.3 is 14.2 Å². The van der Waals surface area contributed by atoms with Gasteiger partial charge in [-0.05, 0) is 19.4 Å². The minimum atomic E-state index is -0.909. The average molecular weight is 266 g/mol. The number of hydrogen-bond acceptors (Lipinski definition) is 5. The van der Waals surface area contributed by atoms with E-state index >= 15 is 0 Å². The molecule has 0 heterocycles. The molecule has 0 spiro atoms. The van der Waals surface area contributed by atoms with E-state index in [0.29, 0.717) is 6.61 Å². The number of carbonyl (C=O) groups is 2. The van der Waals surface area contributed by atoms with Crippen LogP contribution in [-0.2, 0) is 30.4 Å². The summed E-state index contributed by atoms with van der Waals surface area (Å²) < 4.78 is 14.8. The lowest BCUT2D eigenvalue weighted by Gasteiger charge is -2.12. The fourth-order valence-corrected chi connectivity index (χ4v) is 1.37. The van der Waals surface area contributed by atoms with Crippen LogP contribution >= 0.6 is 0 Å². The Labute approximate surface area is 112 Å². The largest absolute Gasteiger partial charge is 0.463 e. The van der Waals surface area contributed by atoms with E-state index in [1.807, 2.05) is 30.3 Å². The molecule has 5 nitrogen and oxygen atoms in total. The van der Waals surface area contributed by atoms with Crippen molar-refractivity contribution in [3.05, 3.63) is 35.9 Å². The molecular formula is C14H18O5. The maximum absolute atomic E-state index is 11.4. The molecule has 0 saturated heterocycles. The summed E-state index contributed by atoms with van der Waals surface area (Å²) in [6, 6.07) is 9.47. The number of benzene rings is 1. The average Bonchev–Trinajstić information content (AvgIpc) is 2.40. The lowest BCUT2D eigenvalue weighted by Crippen LogP contribution is -2.28. The standard InChI is InChI=1S/C14H18O5/c1-3-18-14(16)11(2)19-13(15)10-17-9-12-7-5-4-6-8-12/h4-8,11H,3,9-10H2,1-2H3/t11-/m0/s1. The summed E-state index contributed by atoms with van der Waals surface area (Å²) in [5.74, 6) is -1.14. The quantitative estimate of drug-likeness (QED) is 0.703. The summed E-state index contributed by atoms with van der Waals surface area (Å²) in [5.41, 5.74) is 0.966. The van der Waals surface area contributed by atoms with Gasteiger partial charge in [-0.3, -0.25) is 0 Å². The van der Waals surface area contributed by atoms with Gasteiger partial charge in [0.25, 0.3) is 0 Å². The Hall–Kier alpha value is -1.88. The van der Waals surface area contributed by atoms with Gasteiger partial charge in [-0.2, -0.15) is 0 Å². The number of esters is 2. The highest BCUT2D eigenvalue weighted by atomic mass is 16.6. The van der Waals surface area contributed by atoms with Gasteiger partial charge in [-0.1, -0.05) is 30.3 Å². The topological polar surface area (TPSA) is 61.8 Å². The summed E-state index contributed by atoms with van der Waals surface area (Å²) in [4.78, 5) is 22.6. The highest BCUT2D eigenvalue weighted by Crippen LogP contribution is 2.01. The molecule has 0 saturated carbocycles. The lowest BCUT2D eigenvalue weighted by atomic mass is 10.2. The Morgan fingerprint density at radius 1 is 1.21 bits per heavy atom. The SMILES string of the molecule is CCOC(=O)[C@H](C)OC(=O)COCc1ccccc1. The van der Waals surface area contributed by atoms with Gasteiger partial charge in [-0.15, -0.1) is 0 Å². The molecule has 0 aliphatic rings.